The number of sulfonamides is 1. The number of hydrogen-bond acceptors (Lipinski definition) is 3. The Morgan fingerprint density at radius 3 is 2.40 bits per heavy atom. The lowest BCUT2D eigenvalue weighted by atomic mass is 10.1. The lowest BCUT2D eigenvalue weighted by Crippen LogP contribution is -2.17. The predicted octanol–water partition coefficient (Wildman–Crippen LogP) is 3.20. The van der Waals surface area contributed by atoms with E-state index in [1.165, 1.54) is 5.56 Å². The van der Waals surface area contributed by atoms with Gasteiger partial charge in [-0.15, -0.1) is 0 Å². The van der Waals surface area contributed by atoms with Gasteiger partial charge >= 0.3 is 0 Å². The predicted molar refractivity (Wildman–Crippen MR) is 83.6 cm³/mol. The summed E-state index contributed by atoms with van der Waals surface area (Å²) in [4.78, 5) is 0. The van der Waals surface area contributed by atoms with Crippen molar-refractivity contribution in [1.29, 1.82) is 0 Å². The third-order valence-corrected chi connectivity index (χ3v) is 4.43. The number of nitrogens with one attached hydrogen (secondary N) is 1. The second-order valence-electron chi connectivity index (χ2n) is 4.92. The molecule has 0 atom stereocenters. The Hall–Kier alpha value is -1.07. The van der Waals surface area contributed by atoms with Gasteiger partial charge in [0.05, 0.1) is 5.75 Å². The molecule has 0 saturated carbocycles. The first kappa shape index (κ1) is 17.0. The van der Waals surface area contributed by atoms with E-state index in [-0.39, 0.29) is 5.75 Å². The highest BCUT2D eigenvalue weighted by atomic mass is 32.2. The summed E-state index contributed by atoms with van der Waals surface area (Å²) in [5, 5.41) is 0. The molecule has 0 aliphatic carbocycles. The molecule has 0 spiro atoms. The zero-order chi connectivity index (χ0) is 14.8. The lowest BCUT2D eigenvalue weighted by molar-refractivity contribution is 0.194. The number of methoxy groups -OCH3 is 1. The van der Waals surface area contributed by atoms with Crippen molar-refractivity contribution in [3.63, 3.8) is 0 Å². The summed E-state index contributed by atoms with van der Waals surface area (Å²) in [7, 11) is -1.63. The van der Waals surface area contributed by atoms with E-state index in [4.69, 9.17) is 4.74 Å². The Balaban J connectivity index is 2.46. The maximum Gasteiger partial charge on any atom is 0.232 e. The maximum absolute atomic E-state index is 11.9. The summed E-state index contributed by atoms with van der Waals surface area (Å²) in [6.07, 6.45) is 4.73. The van der Waals surface area contributed by atoms with E-state index in [2.05, 4.69) is 11.6 Å². The van der Waals surface area contributed by atoms with Gasteiger partial charge < -0.3 is 4.74 Å². The van der Waals surface area contributed by atoms with Gasteiger partial charge in [-0.25, -0.2) is 8.42 Å². The van der Waals surface area contributed by atoms with Gasteiger partial charge in [-0.1, -0.05) is 25.5 Å². The minimum absolute atomic E-state index is 0.133. The first-order valence-corrected chi connectivity index (χ1v) is 8.81. The molecule has 5 heteroatoms. The fourth-order valence-corrected chi connectivity index (χ4v) is 3.07. The molecule has 0 amide bonds. The van der Waals surface area contributed by atoms with Gasteiger partial charge in [0.25, 0.3) is 0 Å². The fraction of sp³-hybridized carbons (Fsp3) is 0.600. The van der Waals surface area contributed by atoms with Crippen LogP contribution in [0.5, 0.6) is 0 Å². The monoisotopic (exact) mass is 299 g/mol. The fourth-order valence-electron chi connectivity index (χ4n) is 1.89. The van der Waals surface area contributed by atoms with Crippen molar-refractivity contribution in [2.24, 2.45) is 0 Å². The van der Waals surface area contributed by atoms with E-state index < -0.39 is 10.0 Å². The van der Waals surface area contributed by atoms with Gasteiger partial charge in [0, 0.05) is 19.4 Å². The van der Waals surface area contributed by atoms with Crippen LogP contribution in [0.2, 0.25) is 0 Å². The molecule has 1 rings (SSSR count). The van der Waals surface area contributed by atoms with E-state index in [9.17, 15) is 8.42 Å². The van der Waals surface area contributed by atoms with Crippen LogP contribution >= 0.6 is 0 Å². The molecule has 0 unspecified atom stereocenters. The Morgan fingerprint density at radius 1 is 1.10 bits per heavy atom. The molecule has 0 fully saturated rings. The zero-order valence-corrected chi connectivity index (χ0v) is 13.2. The Bertz CT molecular complexity index is 468. The number of aryl methyl sites for hydroxylation is 1. The van der Waals surface area contributed by atoms with Gasteiger partial charge in [0.2, 0.25) is 10.0 Å². The van der Waals surface area contributed by atoms with Crippen molar-refractivity contribution in [3.05, 3.63) is 29.8 Å². The number of rotatable bonds is 10. The smallest absolute Gasteiger partial charge is 0.232 e. The topological polar surface area (TPSA) is 55.4 Å². The van der Waals surface area contributed by atoms with Crippen LogP contribution in [0.4, 0.5) is 5.69 Å². The number of anilines is 1. The van der Waals surface area contributed by atoms with Crippen LogP contribution in [0.1, 0.15) is 38.2 Å². The molecule has 1 N–H and O–H groups in total. The lowest BCUT2D eigenvalue weighted by Gasteiger charge is -2.08. The standard InChI is InChI=1S/C15H25NO3S/c1-3-4-7-14-8-10-15(11-9-14)16-20(17,18)13-6-5-12-19-2/h8-11,16H,3-7,12-13H2,1-2H3. The molecule has 0 saturated heterocycles. The second kappa shape index (κ2) is 8.97. The number of ether oxygens (including phenoxy) is 1. The third kappa shape index (κ3) is 6.91. The summed E-state index contributed by atoms with van der Waals surface area (Å²) < 4.78 is 31.3. The molecule has 0 aliphatic heterocycles. The van der Waals surface area contributed by atoms with Crippen LogP contribution < -0.4 is 4.72 Å². The molecular weight excluding hydrogens is 274 g/mol. The van der Waals surface area contributed by atoms with Crippen LogP contribution in [-0.4, -0.2) is 27.9 Å². The summed E-state index contributed by atoms with van der Waals surface area (Å²) in [5.74, 6) is 0.133. The van der Waals surface area contributed by atoms with Crippen LogP contribution in [-0.2, 0) is 21.2 Å². The summed E-state index contributed by atoms with van der Waals surface area (Å²) >= 11 is 0. The molecule has 0 radical (unpaired) electrons. The molecule has 0 bridgehead atoms. The van der Waals surface area contributed by atoms with Crippen LogP contribution in [0.3, 0.4) is 0 Å². The normalized spacial score (nSPS) is 11.5. The van der Waals surface area contributed by atoms with Gasteiger partial charge in [-0.3, -0.25) is 4.72 Å². The highest BCUT2D eigenvalue weighted by Crippen LogP contribution is 2.13. The minimum atomic E-state index is -3.25. The van der Waals surface area contributed by atoms with Crippen molar-refractivity contribution in [1.82, 2.24) is 0 Å². The van der Waals surface area contributed by atoms with E-state index >= 15 is 0 Å². The average molecular weight is 299 g/mol. The summed E-state index contributed by atoms with van der Waals surface area (Å²) in [5.41, 5.74) is 1.88. The molecular formula is C15H25NO3S. The first-order valence-electron chi connectivity index (χ1n) is 7.16. The summed E-state index contributed by atoms with van der Waals surface area (Å²) in [6.45, 7) is 2.76. The quantitative estimate of drug-likeness (QED) is 0.675. The molecule has 1 aromatic carbocycles. The molecule has 4 nitrogen and oxygen atoms in total. The van der Waals surface area contributed by atoms with Crippen molar-refractivity contribution >= 4 is 15.7 Å². The van der Waals surface area contributed by atoms with Gasteiger partial charge in [-0.2, -0.15) is 0 Å². The molecule has 0 aromatic heterocycles. The van der Waals surface area contributed by atoms with Crippen molar-refractivity contribution in [2.45, 2.75) is 39.0 Å². The molecule has 114 valence electrons. The maximum atomic E-state index is 11.9. The number of hydrogen-bond donors (Lipinski definition) is 1. The van der Waals surface area contributed by atoms with Crippen molar-refractivity contribution in [3.8, 4) is 0 Å². The molecule has 20 heavy (non-hydrogen) atoms. The molecule has 0 aliphatic rings. The Labute approximate surface area is 122 Å². The van der Waals surface area contributed by atoms with Crippen LogP contribution in [0.25, 0.3) is 0 Å². The highest BCUT2D eigenvalue weighted by molar-refractivity contribution is 7.92. The summed E-state index contributed by atoms with van der Waals surface area (Å²) in [6, 6.07) is 7.63. The highest BCUT2D eigenvalue weighted by Gasteiger charge is 2.09. The minimum Gasteiger partial charge on any atom is -0.385 e. The van der Waals surface area contributed by atoms with Gasteiger partial charge in [-0.05, 0) is 43.4 Å². The van der Waals surface area contributed by atoms with Gasteiger partial charge in [0.15, 0.2) is 0 Å². The Morgan fingerprint density at radius 2 is 1.80 bits per heavy atom. The van der Waals surface area contributed by atoms with Crippen molar-refractivity contribution < 1.29 is 13.2 Å². The van der Waals surface area contributed by atoms with Crippen LogP contribution in [0.15, 0.2) is 24.3 Å². The average Bonchev–Trinajstić information content (AvgIpc) is 2.42. The van der Waals surface area contributed by atoms with E-state index in [0.717, 1.165) is 25.7 Å². The van der Waals surface area contributed by atoms with Crippen molar-refractivity contribution in [2.75, 3.05) is 24.2 Å². The molecule has 0 heterocycles. The molecule has 1 aromatic rings. The zero-order valence-electron chi connectivity index (χ0n) is 12.4. The largest absolute Gasteiger partial charge is 0.385 e. The van der Waals surface area contributed by atoms with E-state index in [0.29, 0.717) is 18.7 Å². The SMILES string of the molecule is CCCCc1ccc(NS(=O)(=O)CCCCOC)cc1. The first-order chi connectivity index (χ1) is 9.57. The Kier molecular flexibility index (Phi) is 7.62. The van der Waals surface area contributed by atoms with E-state index in [1.807, 2.05) is 24.3 Å². The van der Waals surface area contributed by atoms with Crippen LogP contribution in [0, 0.1) is 0 Å². The van der Waals surface area contributed by atoms with E-state index in [1.54, 1.807) is 7.11 Å². The number of unbranched alkanes of at least 4 members (excludes halogenated alkanes) is 2. The number of benzene rings is 1. The second-order valence-corrected chi connectivity index (χ2v) is 6.76. The van der Waals surface area contributed by atoms with Gasteiger partial charge in [0.1, 0.15) is 0 Å². The third-order valence-electron chi connectivity index (χ3n) is 3.06.